The fourth-order valence-corrected chi connectivity index (χ4v) is 1.62. The van der Waals surface area contributed by atoms with E-state index in [1.807, 2.05) is 5.75 Å². The molecule has 1 rings (SSSR count). The summed E-state index contributed by atoms with van der Waals surface area (Å²) in [4.78, 5) is 0. The maximum atomic E-state index is 8.98. The molecule has 1 saturated heterocycles. The minimum Gasteiger partial charge on any atom is -0.395 e. The van der Waals surface area contributed by atoms with Crippen molar-refractivity contribution in [2.45, 2.75) is 17.8 Å². The van der Waals surface area contributed by atoms with Gasteiger partial charge in [-0.15, -0.1) is 11.8 Å². The van der Waals surface area contributed by atoms with Crippen LogP contribution in [0.2, 0.25) is 0 Å². The molecule has 1 fully saturated rings. The molecular formula is C5H9O2S. The average molecular weight is 133 g/mol. The summed E-state index contributed by atoms with van der Waals surface area (Å²) >= 11 is 1.53. The topological polar surface area (TPSA) is 40.5 Å². The standard InChI is InChI=1S/C5H9O2S/c6-3-5-4(7)1-2-8-5/h2,4-7H,1,3H2/t4-,5-/m0/s1. The number of hydrogen-bond donors (Lipinski definition) is 2. The number of rotatable bonds is 1. The average Bonchev–Trinajstić information content (AvgIpc) is 2.14. The minimum absolute atomic E-state index is 0.0370. The normalized spacial score (nSPS) is 38.2. The van der Waals surface area contributed by atoms with Crippen LogP contribution in [0.15, 0.2) is 0 Å². The van der Waals surface area contributed by atoms with Crippen LogP contribution in [0, 0.1) is 5.75 Å². The second kappa shape index (κ2) is 2.71. The Balaban J connectivity index is 2.30. The zero-order valence-corrected chi connectivity index (χ0v) is 5.27. The van der Waals surface area contributed by atoms with Crippen LogP contribution < -0.4 is 0 Å². The molecule has 1 radical (unpaired) electrons. The van der Waals surface area contributed by atoms with Crippen LogP contribution >= 0.6 is 11.8 Å². The van der Waals surface area contributed by atoms with E-state index in [0.29, 0.717) is 0 Å². The Bertz CT molecular complexity index is 76.8. The molecule has 2 N–H and O–H groups in total. The van der Waals surface area contributed by atoms with Crippen LogP contribution in [-0.4, -0.2) is 28.2 Å². The van der Waals surface area contributed by atoms with E-state index in [2.05, 4.69) is 0 Å². The van der Waals surface area contributed by atoms with E-state index in [0.717, 1.165) is 6.42 Å². The summed E-state index contributed by atoms with van der Waals surface area (Å²) in [6.45, 7) is 0.0856. The van der Waals surface area contributed by atoms with E-state index < -0.39 is 0 Å². The molecule has 0 aromatic carbocycles. The Hall–Kier alpha value is 0.270. The van der Waals surface area contributed by atoms with Gasteiger partial charge in [0, 0.05) is 5.75 Å². The van der Waals surface area contributed by atoms with Gasteiger partial charge in [0.05, 0.1) is 18.0 Å². The first-order chi connectivity index (χ1) is 3.84. The van der Waals surface area contributed by atoms with Crippen LogP contribution in [0.4, 0.5) is 0 Å². The molecule has 0 saturated carbocycles. The van der Waals surface area contributed by atoms with Crippen molar-refractivity contribution in [1.29, 1.82) is 0 Å². The minimum atomic E-state index is -0.315. The molecular weight excluding hydrogens is 124 g/mol. The highest BCUT2D eigenvalue weighted by Crippen LogP contribution is 2.29. The summed E-state index contributed by atoms with van der Waals surface area (Å²) in [5, 5.41) is 17.5. The molecule has 3 heteroatoms. The molecule has 1 aliphatic heterocycles. The lowest BCUT2D eigenvalue weighted by atomic mass is 10.2. The van der Waals surface area contributed by atoms with Crippen LogP contribution in [0.1, 0.15) is 6.42 Å². The molecule has 2 atom stereocenters. The molecule has 0 spiro atoms. The first kappa shape index (κ1) is 6.39. The molecule has 1 aliphatic rings. The first-order valence-corrected chi connectivity index (χ1v) is 3.55. The van der Waals surface area contributed by atoms with Gasteiger partial charge in [0.2, 0.25) is 0 Å². The van der Waals surface area contributed by atoms with Crippen molar-refractivity contribution in [2.24, 2.45) is 0 Å². The molecule has 0 amide bonds. The quantitative estimate of drug-likeness (QED) is 0.529. The molecule has 0 bridgehead atoms. The third-order valence-corrected chi connectivity index (χ3v) is 2.42. The summed E-state index contributed by atoms with van der Waals surface area (Å²) in [6, 6.07) is 0. The summed E-state index contributed by atoms with van der Waals surface area (Å²) in [5.41, 5.74) is 0. The van der Waals surface area contributed by atoms with Crippen molar-refractivity contribution < 1.29 is 10.2 Å². The third kappa shape index (κ3) is 1.16. The molecule has 47 valence electrons. The highest BCUT2D eigenvalue weighted by Gasteiger charge is 2.24. The first-order valence-electron chi connectivity index (χ1n) is 2.60. The molecule has 0 aliphatic carbocycles. The molecule has 1 heterocycles. The smallest absolute Gasteiger partial charge is 0.0692 e. The second-order valence-corrected chi connectivity index (χ2v) is 3.04. The number of aliphatic hydroxyl groups is 2. The van der Waals surface area contributed by atoms with Gasteiger partial charge < -0.3 is 10.2 Å². The SMILES string of the molecule is OC[C@@H]1S[CH]C[C@@H]1O. The summed E-state index contributed by atoms with van der Waals surface area (Å²) in [6.07, 6.45) is 0.403. The van der Waals surface area contributed by atoms with Gasteiger partial charge in [-0.05, 0) is 6.42 Å². The Morgan fingerprint density at radius 2 is 2.50 bits per heavy atom. The predicted molar refractivity (Wildman–Crippen MR) is 33.4 cm³/mol. The van der Waals surface area contributed by atoms with Crippen molar-refractivity contribution in [1.82, 2.24) is 0 Å². The number of aliphatic hydroxyl groups excluding tert-OH is 2. The highest BCUT2D eigenvalue weighted by atomic mass is 32.2. The Labute approximate surface area is 52.9 Å². The monoisotopic (exact) mass is 133 g/mol. The van der Waals surface area contributed by atoms with Gasteiger partial charge in [0.1, 0.15) is 0 Å². The molecule has 0 aromatic rings. The summed E-state index contributed by atoms with van der Waals surface area (Å²) in [5.74, 6) is 1.94. The molecule has 0 unspecified atom stereocenters. The van der Waals surface area contributed by atoms with E-state index in [1.165, 1.54) is 11.8 Å². The van der Waals surface area contributed by atoms with E-state index >= 15 is 0 Å². The van der Waals surface area contributed by atoms with Crippen molar-refractivity contribution in [2.75, 3.05) is 6.61 Å². The van der Waals surface area contributed by atoms with Crippen LogP contribution in [0.25, 0.3) is 0 Å². The van der Waals surface area contributed by atoms with Gasteiger partial charge in [-0.25, -0.2) is 0 Å². The lowest BCUT2D eigenvalue weighted by molar-refractivity contribution is 0.147. The molecule has 2 nitrogen and oxygen atoms in total. The van der Waals surface area contributed by atoms with Crippen molar-refractivity contribution >= 4 is 11.8 Å². The summed E-state index contributed by atoms with van der Waals surface area (Å²) < 4.78 is 0. The van der Waals surface area contributed by atoms with E-state index in [9.17, 15) is 0 Å². The van der Waals surface area contributed by atoms with Gasteiger partial charge in [0.25, 0.3) is 0 Å². The number of hydrogen-bond acceptors (Lipinski definition) is 3. The van der Waals surface area contributed by atoms with Crippen LogP contribution in [-0.2, 0) is 0 Å². The van der Waals surface area contributed by atoms with Gasteiger partial charge in [-0.2, -0.15) is 0 Å². The van der Waals surface area contributed by atoms with Crippen molar-refractivity contribution in [3.05, 3.63) is 5.75 Å². The van der Waals surface area contributed by atoms with Gasteiger partial charge in [0.15, 0.2) is 0 Å². The second-order valence-electron chi connectivity index (χ2n) is 1.83. The Morgan fingerprint density at radius 1 is 1.75 bits per heavy atom. The van der Waals surface area contributed by atoms with Gasteiger partial charge in [-0.3, -0.25) is 0 Å². The Morgan fingerprint density at radius 3 is 2.75 bits per heavy atom. The van der Waals surface area contributed by atoms with Crippen LogP contribution in [0.3, 0.4) is 0 Å². The van der Waals surface area contributed by atoms with Crippen molar-refractivity contribution in [3.8, 4) is 0 Å². The zero-order valence-electron chi connectivity index (χ0n) is 4.45. The maximum absolute atomic E-state index is 8.98. The largest absolute Gasteiger partial charge is 0.395 e. The van der Waals surface area contributed by atoms with Crippen molar-refractivity contribution in [3.63, 3.8) is 0 Å². The van der Waals surface area contributed by atoms with Gasteiger partial charge >= 0.3 is 0 Å². The van der Waals surface area contributed by atoms with E-state index in [4.69, 9.17) is 10.2 Å². The van der Waals surface area contributed by atoms with E-state index in [1.54, 1.807) is 0 Å². The fraction of sp³-hybridized carbons (Fsp3) is 0.800. The highest BCUT2D eigenvalue weighted by molar-refractivity contribution is 8.02. The molecule has 0 aromatic heterocycles. The third-order valence-electron chi connectivity index (χ3n) is 1.22. The Kier molecular flexibility index (Phi) is 2.16. The predicted octanol–water partition coefficient (Wildman–Crippen LogP) is 0.00689. The fourth-order valence-electron chi connectivity index (χ4n) is 0.685. The molecule has 8 heavy (non-hydrogen) atoms. The van der Waals surface area contributed by atoms with E-state index in [-0.39, 0.29) is 18.0 Å². The lowest BCUT2D eigenvalue weighted by Crippen LogP contribution is -2.20. The van der Waals surface area contributed by atoms with Gasteiger partial charge in [-0.1, -0.05) is 0 Å². The maximum Gasteiger partial charge on any atom is 0.0692 e. The summed E-state index contributed by atoms with van der Waals surface area (Å²) in [7, 11) is 0. The van der Waals surface area contributed by atoms with Crippen LogP contribution in [0.5, 0.6) is 0 Å². The number of thioether (sulfide) groups is 1. The zero-order chi connectivity index (χ0) is 5.98. The lowest BCUT2D eigenvalue weighted by Gasteiger charge is -2.07.